The van der Waals surface area contributed by atoms with E-state index in [2.05, 4.69) is 15.7 Å². The zero-order valence-electron chi connectivity index (χ0n) is 10.2. The average molecular weight is 244 g/mol. The second kappa shape index (κ2) is 5.88. The van der Waals surface area contributed by atoms with Crippen molar-refractivity contribution in [3.63, 3.8) is 0 Å². The molecular formula is C13H16N4O. The first kappa shape index (κ1) is 12.2. The number of anilines is 2. The highest BCUT2D eigenvalue weighted by atomic mass is 16.5. The maximum atomic E-state index is 5.30. The Morgan fingerprint density at radius 3 is 2.50 bits per heavy atom. The van der Waals surface area contributed by atoms with Gasteiger partial charge in [0.1, 0.15) is 17.4 Å². The molecule has 1 heterocycles. The minimum atomic E-state index is 0.634. The Hall–Kier alpha value is -2.27. The SMILES string of the molecule is COc1ccc(CNc2cccc(NN)n2)cc1. The smallest absolute Gasteiger partial charge is 0.142 e. The molecule has 0 saturated carbocycles. The molecule has 1 aromatic carbocycles. The fourth-order valence-electron chi connectivity index (χ4n) is 1.55. The number of benzene rings is 1. The van der Waals surface area contributed by atoms with Crippen molar-refractivity contribution in [2.24, 2.45) is 5.84 Å². The lowest BCUT2D eigenvalue weighted by Gasteiger charge is -2.07. The number of hydrogen-bond donors (Lipinski definition) is 3. The Morgan fingerprint density at radius 1 is 1.11 bits per heavy atom. The van der Waals surface area contributed by atoms with Crippen LogP contribution < -0.4 is 21.3 Å². The number of ether oxygens (including phenoxy) is 1. The molecule has 0 amide bonds. The first-order chi connectivity index (χ1) is 8.81. The predicted octanol–water partition coefficient (Wildman–Crippen LogP) is 1.99. The number of pyridine rings is 1. The lowest BCUT2D eigenvalue weighted by Crippen LogP contribution is -2.09. The highest BCUT2D eigenvalue weighted by Crippen LogP contribution is 2.13. The number of hydrogen-bond acceptors (Lipinski definition) is 5. The van der Waals surface area contributed by atoms with Gasteiger partial charge in [-0.2, -0.15) is 0 Å². The van der Waals surface area contributed by atoms with Crippen molar-refractivity contribution in [3.05, 3.63) is 48.0 Å². The van der Waals surface area contributed by atoms with Crippen molar-refractivity contribution in [2.45, 2.75) is 6.54 Å². The summed E-state index contributed by atoms with van der Waals surface area (Å²) in [6.45, 7) is 0.699. The van der Waals surface area contributed by atoms with Crippen LogP contribution in [-0.4, -0.2) is 12.1 Å². The van der Waals surface area contributed by atoms with Crippen molar-refractivity contribution in [1.29, 1.82) is 0 Å². The number of nitrogens with zero attached hydrogens (tertiary/aromatic N) is 1. The molecule has 5 nitrogen and oxygen atoms in total. The number of methoxy groups -OCH3 is 1. The number of nitrogens with two attached hydrogens (primary N) is 1. The monoisotopic (exact) mass is 244 g/mol. The topological polar surface area (TPSA) is 72.2 Å². The van der Waals surface area contributed by atoms with E-state index in [1.807, 2.05) is 36.4 Å². The largest absolute Gasteiger partial charge is 0.497 e. The molecule has 0 bridgehead atoms. The summed E-state index contributed by atoms with van der Waals surface area (Å²) in [5.41, 5.74) is 3.67. The minimum absolute atomic E-state index is 0.634. The molecule has 0 spiro atoms. The van der Waals surface area contributed by atoms with Gasteiger partial charge in [0.15, 0.2) is 0 Å². The van der Waals surface area contributed by atoms with E-state index in [4.69, 9.17) is 10.6 Å². The molecule has 18 heavy (non-hydrogen) atoms. The maximum Gasteiger partial charge on any atom is 0.142 e. The number of nitrogens with one attached hydrogen (secondary N) is 2. The van der Waals surface area contributed by atoms with Crippen LogP contribution in [0.3, 0.4) is 0 Å². The molecule has 0 aliphatic heterocycles. The summed E-state index contributed by atoms with van der Waals surface area (Å²) in [5.74, 6) is 7.57. The number of aromatic nitrogens is 1. The van der Waals surface area contributed by atoms with Crippen molar-refractivity contribution in [1.82, 2.24) is 4.98 Å². The summed E-state index contributed by atoms with van der Waals surface area (Å²) >= 11 is 0. The Bertz CT molecular complexity index is 499. The highest BCUT2D eigenvalue weighted by Gasteiger charge is 1.97. The molecule has 4 N–H and O–H groups in total. The van der Waals surface area contributed by atoms with Gasteiger partial charge in [-0.05, 0) is 29.8 Å². The van der Waals surface area contributed by atoms with Crippen LogP contribution in [0.25, 0.3) is 0 Å². The normalized spacial score (nSPS) is 9.89. The third-order valence-electron chi connectivity index (χ3n) is 2.53. The molecule has 0 fully saturated rings. The van der Waals surface area contributed by atoms with Crippen molar-refractivity contribution in [2.75, 3.05) is 17.9 Å². The zero-order valence-corrected chi connectivity index (χ0v) is 10.2. The van der Waals surface area contributed by atoms with Crippen LogP contribution in [0.5, 0.6) is 5.75 Å². The van der Waals surface area contributed by atoms with Crippen LogP contribution in [0.1, 0.15) is 5.56 Å². The Balaban J connectivity index is 1.97. The van der Waals surface area contributed by atoms with E-state index >= 15 is 0 Å². The van der Waals surface area contributed by atoms with Crippen molar-refractivity contribution >= 4 is 11.6 Å². The van der Waals surface area contributed by atoms with Crippen molar-refractivity contribution < 1.29 is 4.74 Å². The van der Waals surface area contributed by atoms with E-state index in [9.17, 15) is 0 Å². The second-order valence-corrected chi connectivity index (χ2v) is 3.75. The van der Waals surface area contributed by atoms with Crippen LogP contribution in [0.4, 0.5) is 11.6 Å². The molecule has 0 unspecified atom stereocenters. The van der Waals surface area contributed by atoms with E-state index in [1.165, 1.54) is 0 Å². The summed E-state index contributed by atoms with van der Waals surface area (Å²) < 4.78 is 5.11. The maximum absolute atomic E-state index is 5.30. The van der Waals surface area contributed by atoms with Gasteiger partial charge in [-0.25, -0.2) is 10.8 Å². The van der Waals surface area contributed by atoms with Crippen LogP contribution >= 0.6 is 0 Å². The third kappa shape index (κ3) is 3.11. The van der Waals surface area contributed by atoms with Gasteiger partial charge in [0.05, 0.1) is 7.11 Å². The molecule has 2 rings (SSSR count). The predicted molar refractivity (Wildman–Crippen MR) is 72.4 cm³/mol. The van der Waals surface area contributed by atoms with Gasteiger partial charge in [-0.3, -0.25) is 0 Å². The van der Waals surface area contributed by atoms with Gasteiger partial charge in [-0.15, -0.1) is 0 Å². The third-order valence-corrected chi connectivity index (χ3v) is 2.53. The second-order valence-electron chi connectivity index (χ2n) is 3.75. The molecule has 0 saturated heterocycles. The van der Waals surface area contributed by atoms with Crippen LogP contribution in [-0.2, 0) is 6.54 Å². The van der Waals surface area contributed by atoms with E-state index < -0.39 is 0 Å². The first-order valence-electron chi connectivity index (χ1n) is 5.62. The highest BCUT2D eigenvalue weighted by molar-refractivity contribution is 5.44. The van der Waals surface area contributed by atoms with Gasteiger partial charge in [0.25, 0.3) is 0 Å². The van der Waals surface area contributed by atoms with Gasteiger partial charge < -0.3 is 15.5 Å². The van der Waals surface area contributed by atoms with E-state index in [0.29, 0.717) is 12.4 Å². The molecule has 5 heteroatoms. The summed E-state index contributed by atoms with van der Waals surface area (Å²) in [7, 11) is 1.66. The molecule has 2 aromatic rings. The van der Waals surface area contributed by atoms with E-state index in [0.717, 1.165) is 17.1 Å². The van der Waals surface area contributed by atoms with Gasteiger partial charge in [0, 0.05) is 6.54 Å². The van der Waals surface area contributed by atoms with Gasteiger partial charge in [-0.1, -0.05) is 18.2 Å². The summed E-state index contributed by atoms with van der Waals surface area (Å²) in [6, 6.07) is 13.5. The van der Waals surface area contributed by atoms with Crippen LogP contribution in [0.2, 0.25) is 0 Å². The minimum Gasteiger partial charge on any atom is -0.497 e. The number of hydrazine groups is 1. The number of rotatable bonds is 5. The summed E-state index contributed by atoms with van der Waals surface area (Å²) in [6.07, 6.45) is 0. The number of nitrogen functional groups attached to an aromatic ring is 1. The summed E-state index contributed by atoms with van der Waals surface area (Å²) in [4.78, 5) is 4.27. The average Bonchev–Trinajstić information content (AvgIpc) is 2.46. The Kier molecular flexibility index (Phi) is 3.98. The molecule has 0 aliphatic carbocycles. The molecule has 0 aliphatic rings. The quantitative estimate of drug-likeness (QED) is 0.554. The Labute approximate surface area is 106 Å². The molecule has 94 valence electrons. The lowest BCUT2D eigenvalue weighted by atomic mass is 10.2. The van der Waals surface area contributed by atoms with Crippen molar-refractivity contribution in [3.8, 4) is 5.75 Å². The van der Waals surface area contributed by atoms with E-state index in [1.54, 1.807) is 13.2 Å². The summed E-state index contributed by atoms with van der Waals surface area (Å²) in [5, 5.41) is 3.23. The standard InChI is InChI=1S/C13H16N4O/c1-18-11-7-5-10(6-8-11)9-15-12-3-2-4-13(16-12)17-14/h2-8H,9,14H2,1H3,(H2,15,16,17). The zero-order chi connectivity index (χ0) is 12.8. The van der Waals surface area contributed by atoms with Crippen LogP contribution in [0.15, 0.2) is 42.5 Å². The molecular weight excluding hydrogens is 228 g/mol. The van der Waals surface area contributed by atoms with E-state index in [-0.39, 0.29) is 0 Å². The molecule has 1 aromatic heterocycles. The van der Waals surface area contributed by atoms with Crippen LogP contribution in [0, 0.1) is 0 Å². The lowest BCUT2D eigenvalue weighted by molar-refractivity contribution is 0.414. The van der Waals surface area contributed by atoms with Gasteiger partial charge in [0.2, 0.25) is 0 Å². The molecule has 0 radical (unpaired) electrons. The first-order valence-corrected chi connectivity index (χ1v) is 5.62. The fraction of sp³-hybridized carbons (Fsp3) is 0.154. The fourth-order valence-corrected chi connectivity index (χ4v) is 1.55. The molecule has 0 atom stereocenters. The Morgan fingerprint density at radius 2 is 1.83 bits per heavy atom. The van der Waals surface area contributed by atoms with Gasteiger partial charge >= 0.3 is 0 Å².